The number of rotatable bonds is 5. The van der Waals surface area contributed by atoms with Crippen LogP contribution >= 0.6 is 11.6 Å². The van der Waals surface area contributed by atoms with Crippen molar-refractivity contribution in [1.29, 1.82) is 0 Å². The Morgan fingerprint density at radius 3 is 2.82 bits per heavy atom. The first-order valence-electron chi connectivity index (χ1n) is 6.26. The summed E-state index contributed by atoms with van der Waals surface area (Å²) in [7, 11) is 1.72. The molecule has 1 unspecified atom stereocenters. The predicted octanol–water partition coefficient (Wildman–Crippen LogP) is 3.12. The third-order valence-electron chi connectivity index (χ3n) is 3.38. The van der Waals surface area contributed by atoms with Gasteiger partial charge in [0.2, 0.25) is 11.7 Å². The molecule has 0 radical (unpaired) electrons. The molecule has 0 aromatic carbocycles. The second-order valence-electron chi connectivity index (χ2n) is 4.54. The molecule has 1 atom stereocenters. The fourth-order valence-corrected chi connectivity index (χ4v) is 2.67. The van der Waals surface area contributed by atoms with E-state index in [1.165, 1.54) is 32.1 Å². The maximum atomic E-state index is 5.65. The standard InChI is InChI=1S/C12H19ClN2O2/c1-16-11(9-5-3-2-4-6-9)12-14-10(7-8-13)17-15-12/h9,11H,2-8H2,1H3. The van der Waals surface area contributed by atoms with Gasteiger partial charge in [-0.3, -0.25) is 0 Å². The lowest BCUT2D eigenvalue weighted by Gasteiger charge is -2.26. The first-order chi connectivity index (χ1) is 8.35. The summed E-state index contributed by atoms with van der Waals surface area (Å²) >= 11 is 5.65. The van der Waals surface area contributed by atoms with Crippen LogP contribution in [0, 0.1) is 5.92 Å². The minimum Gasteiger partial charge on any atom is -0.373 e. The highest BCUT2D eigenvalue weighted by molar-refractivity contribution is 6.17. The summed E-state index contributed by atoms with van der Waals surface area (Å²) in [4.78, 5) is 4.36. The Labute approximate surface area is 107 Å². The largest absolute Gasteiger partial charge is 0.373 e. The molecule has 1 heterocycles. The van der Waals surface area contributed by atoms with Gasteiger partial charge in [0.15, 0.2) is 0 Å². The molecule has 1 fully saturated rings. The molecule has 0 N–H and O–H groups in total. The minimum absolute atomic E-state index is 0.0249. The molecule has 0 saturated heterocycles. The van der Waals surface area contributed by atoms with Gasteiger partial charge in [-0.05, 0) is 18.8 Å². The fourth-order valence-electron chi connectivity index (χ4n) is 2.51. The van der Waals surface area contributed by atoms with Crippen molar-refractivity contribution in [2.75, 3.05) is 13.0 Å². The number of alkyl halides is 1. The SMILES string of the molecule is COC(c1noc(CCCl)n1)C1CCCCC1. The maximum Gasteiger partial charge on any atom is 0.227 e. The van der Waals surface area contributed by atoms with E-state index in [0.717, 1.165) is 0 Å². The molecule has 1 saturated carbocycles. The van der Waals surface area contributed by atoms with E-state index in [0.29, 0.717) is 29.9 Å². The van der Waals surface area contributed by atoms with E-state index in [4.69, 9.17) is 20.9 Å². The number of ether oxygens (including phenoxy) is 1. The number of hydrogen-bond donors (Lipinski definition) is 0. The van der Waals surface area contributed by atoms with Crippen molar-refractivity contribution in [3.05, 3.63) is 11.7 Å². The Hall–Kier alpha value is -0.610. The van der Waals surface area contributed by atoms with Crippen LogP contribution in [0.25, 0.3) is 0 Å². The van der Waals surface area contributed by atoms with Gasteiger partial charge >= 0.3 is 0 Å². The summed E-state index contributed by atoms with van der Waals surface area (Å²) in [5, 5.41) is 4.01. The summed E-state index contributed by atoms with van der Waals surface area (Å²) in [5.41, 5.74) is 0. The van der Waals surface area contributed by atoms with E-state index in [2.05, 4.69) is 10.1 Å². The summed E-state index contributed by atoms with van der Waals surface area (Å²) < 4.78 is 10.7. The third kappa shape index (κ3) is 3.19. The highest BCUT2D eigenvalue weighted by atomic mass is 35.5. The predicted molar refractivity (Wildman–Crippen MR) is 65.0 cm³/mol. The lowest BCUT2D eigenvalue weighted by atomic mass is 9.85. The molecule has 1 aliphatic carbocycles. The van der Waals surface area contributed by atoms with Gasteiger partial charge < -0.3 is 9.26 Å². The van der Waals surface area contributed by atoms with E-state index in [1.54, 1.807) is 7.11 Å². The van der Waals surface area contributed by atoms with Crippen LogP contribution in [0.15, 0.2) is 4.52 Å². The van der Waals surface area contributed by atoms with Crippen LogP contribution in [0.3, 0.4) is 0 Å². The average Bonchev–Trinajstić information content (AvgIpc) is 2.81. The maximum absolute atomic E-state index is 5.65. The van der Waals surface area contributed by atoms with Crippen molar-refractivity contribution < 1.29 is 9.26 Å². The van der Waals surface area contributed by atoms with Gasteiger partial charge in [-0.25, -0.2) is 0 Å². The average molecular weight is 259 g/mol. The smallest absolute Gasteiger partial charge is 0.227 e. The number of halogens is 1. The molecule has 1 aromatic heterocycles. The molecule has 96 valence electrons. The van der Waals surface area contributed by atoms with E-state index in [-0.39, 0.29) is 6.10 Å². The molecular formula is C12H19ClN2O2. The molecule has 0 bridgehead atoms. The first kappa shape index (κ1) is 12.8. The topological polar surface area (TPSA) is 48.2 Å². The Morgan fingerprint density at radius 1 is 1.41 bits per heavy atom. The molecule has 1 aliphatic rings. The van der Waals surface area contributed by atoms with Crippen LogP contribution in [0.4, 0.5) is 0 Å². The minimum atomic E-state index is -0.0249. The fraction of sp³-hybridized carbons (Fsp3) is 0.833. The third-order valence-corrected chi connectivity index (χ3v) is 3.57. The molecule has 1 aromatic rings. The van der Waals surface area contributed by atoms with Gasteiger partial charge in [0, 0.05) is 19.4 Å². The number of aromatic nitrogens is 2. The van der Waals surface area contributed by atoms with Crippen molar-refractivity contribution in [3.63, 3.8) is 0 Å². The van der Waals surface area contributed by atoms with Crippen LogP contribution in [0.2, 0.25) is 0 Å². The number of nitrogens with zero attached hydrogens (tertiary/aromatic N) is 2. The van der Waals surface area contributed by atoms with Crippen molar-refractivity contribution in [2.45, 2.75) is 44.6 Å². The molecule has 2 rings (SSSR count). The second kappa shape index (κ2) is 6.36. The van der Waals surface area contributed by atoms with Crippen LogP contribution < -0.4 is 0 Å². The summed E-state index contributed by atoms with van der Waals surface area (Å²) in [6, 6.07) is 0. The second-order valence-corrected chi connectivity index (χ2v) is 4.92. The zero-order chi connectivity index (χ0) is 12.1. The summed E-state index contributed by atoms with van der Waals surface area (Å²) in [6.45, 7) is 0. The van der Waals surface area contributed by atoms with Gasteiger partial charge in [-0.15, -0.1) is 11.6 Å². The van der Waals surface area contributed by atoms with Crippen LogP contribution in [-0.4, -0.2) is 23.1 Å². The monoisotopic (exact) mass is 258 g/mol. The molecule has 5 heteroatoms. The van der Waals surface area contributed by atoms with E-state index >= 15 is 0 Å². The highest BCUT2D eigenvalue weighted by Gasteiger charge is 2.28. The van der Waals surface area contributed by atoms with Gasteiger partial charge in [-0.1, -0.05) is 24.4 Å². The lowest BCUT2D eigenvalue weighted by Crippen LogP contribution is -2.19. The zero-order valence-corrected chi connectivity index (χ0v) is 10.9. The Bertz CT molecular complexity index is 337. The summed E-state index contributed by atoms with van der Waals surface area (Å²) in [6.07, 6.45) is 6.86. The molecule has 0 spiro atoms. The Morgan fingerprint density at radius 2 is 2.18 bits per heavy atom. The Balaban J connectivity index is 2.04. The van der Waals surface area contributed by atoms with Crippen LogP contribution in [0.1, 0.15) is 49.9 Å². The molecule has 4 nitrogen and oxygen atoms in total. The van der Waals surface area contributed by atoms with E-state index in [9.17, 15) is 0 Å². The van der Waals surface area contributed by atoms with Crippen LogP contribution in [0.5, 0.6) is 0 Å². The van der Waals surface area contributed by atoms with Gasteiger partial charge in [0.05, 0.1) is 0 Å². The molecule has 0 amide bonds. The first-order valence-corrected chi connectivity index (χ1v) is 6.80. The van der Waals surface area contributed by atoms with Gasteiger partial charge in [-0.2, -0.15) is 4.98 Å². The summed E-state index contributed by atoms with van der Waals surface area (Å²) in [5.74, 6) is 2.31. The lowest BCUT2D eigenvalue weighted by molar-refractivity contribution is 0.0273. The number of hydrogen-bond acceptors (Lipinski definition) is 4. The van der Waals surface area contributed by atoms with Crippen molar-refractivity contribution in [1.82, 2.24) is 10.1 Å². The van der Waals surface area contributed by atoms with E-state index in [1.807, 2.05) is 0 Å². The number of methoxy groups -OCH3 is 1. The van der Waals surface area contributed by atoms with E-state index < -0.39 is 0 Å². The van der Waals surface area contributed by atoms with Crippen molar-refractivity contribution in [3.8, 4) is 0 Å². The van der Waals surface area contributed by atoms with Crippen LogP contribution in [-0.2, 0) is 11.2 Å². The normalized spacial score (nSPS) is 19.4. The zero-order valence-electron chi connectivity index (χ0n) is 10.2. The molecule has 17 heavy (non-hydrogen) atoms. The van der Waals surface area contributed by atoms with Crippen molar-refractivity contribution in [2.24, 2.45) is 5.92 Å². The quantitative estimate of drug-likeness (QED) is 0.762. The van der Waals surface area contributed by atoms with Gasteiger partial charge in [0.1, 0.15) is 6.10 Å². The molecule has 0 aliphatic heterocycles. The molecular weight excluding hydrogens is 240 g/mol. The Kier molecular flexibility index (Phi) is 4.80. The van der Waals surface area contributed by atoms with Crippen molar-refractivity contribution >= 4 is 11.6 Å². The van der Waals surface area contributed by atoms with Gasteiger partial charge in [0.25, 0.3) is 0 Å². The highest BCUT2D eigenvalue weighted by Crippen LogP contribution is 2.35. The number of aryl methyl sites for hydroxylation is 1.